The predicted molar refractivity (Wildman–Crippen MR) is 73.4 cm³/mol. The summed E-state index contributed by atoms with van der Waals surface area (Å²) in [7, 11) is 1.36. The molecule has 0 N–H and O–H groups in total. The molecular formula is C13H17N3O2S. The van der Waals surface area contributed by atoms with Crippen LogP contribution in [0.25, 0.3) is 0 Å². The summed E-state index contributed by atoms with van der Waals surface area (Å²) in [5, 5.41) is 12.2. The van der Waals surface area contributed by atoms with Crippen molar-refractivity contribution >= 4 is 17.3 Å². The molecule has 0 aromatic carbocycles. The van der Waals surface area contributed by atoms with Crippen molar-refractivity contribution in [3.05, 3.63) is 33.8 Å². The Morgan fingerprint density at radius 2 is 2.32 bits per heavy atom. The molecule has 0 spiro atoms. The molecule has 0 radical (unpaired) electrons. The average Bonchev–Trinajstić information content (AvgIpc) is 3.05. The molecule has 102 valence electrons. The Morgan fingerprint density at radius 3 is 2.95 bits per heavy atom. The molecule has 0 amide bonds. The fourth-order valence-corrected chi connectivity index (χ4v) is 2.62. The second-order valence-electron chi connectivity index (χ2n) is 4.23. The summed E-state index contributed by atoms with van der Waals surface area (Å²) in [6.07, 6.45) is 2.61. The fourth-order valence-electron chi connectivity index (χ4n) is 1.92. The number of aromatic nitrogens is 3. The highest BCUT2D eigenvalue weighted by atomic mass is 32.1. The van der Waals surface area contributed by atoms with Gasteiger partial charge in [-0.05, 0) is 35.2 Å². The van der Waals surface area contributed by atoms with Crippen LogP contribution in [0, 0.1) is 0 Å². The second-order valence-corrected chi connectivity index (χ2v) is 5.01. The lowest BCUT2D eigenvalue weighted by molar-refractivity contribution is 0.0592. The molecule has 0 aliphatic rings. The van der Waals surface area contributed by atoms with Gasteiger partial charge >= 0.3 is 5.97 Å². The molecular weight excluding hydrogens is 262 g/mol. The monoisotopic (exact) mass is 279 g/mol. The van der Waals surface area contributed by atoms with E-state index in [-0.39, 0.29) is 0 Å². The minimum Gasteiger partial charge on any atom is -0.464 e. The number of methoxy groups -OCH3 is 1. The Labute approximate surface area is 116 Å². The van der Waals surface area contributed by atoms with Crippen molar-refractivity contribution in [2.24, 2.45) is 0 Å². The zero-order chi connectivity index (χ0) is 13.7. The number of thiophene rings is 1. The zero-order valence-electron chi connectivity index (χ0n) is 11.1. The third kappa shape index (κ3) is 3.20. The van der Waals surface area contributed by atoms with Crippen molar-refractivity contribution in [3.8, 4) is 0 Å². The van der Waals surface area contributed by atoms with Crippen LogP contribution in [0.2, 0.25) is 0 Å². The maximum absolute atomic E-state index is 11.6. The van der Waals surface area contributed by atoms with Crippen molar-refractivity contribution in [3.63, 3.8) is 0 Å². The van der Waals surface area contributed by atoms with Gasteiger partial charge in [0.25, 0.3) is 0 Å². The fraction of sp³-hybridized carbons (Fsp3) is 0.462. The van der Waals surface area contributed by atoms with Gasteiger partial charge in [0.15, 0.2) is 5.69 Å². The molecule has 0 atom stereocenters. The molecule has 6 heteroatoms. The first-order valence-corrected chi connectivity index (χ1v) is 7.22. The van der Waals surface area contributed by atoms with Crippen molar-refractivity contribution in [2.45, 2.75) is 32.7 Å². The minimum atomic E-state index is -0.412. The molecule has 0 unspecified atom stereocenters. The topological polar surface area (TPSA) is 57.0 Å². The predicted octanol–water partition coefficient (Wildman–Crippen LogP) is 2.32. The van der Waals surface area contributed by atoms with E-state index in [0.29, 0.717) is 5.69 Å². The first-order valence-electron chi connectivity index (χ1n) is 6.28. The van der Waals surface area contributed by atoms with Crippen molar-refractivity contribution in [1.82, 2.24) is 15.0 Å². The van der Waals surface area contributed by atoms with Crippen molar-refractivity contribution < 1.29 is 9.53 Å². The van der Waals surface area contributed by atoms with Crippen LogP contribution in [0.5, 0.6) is 0 Å². The Morgan fingerprint density at radius 1 is 1.47 bits per heavy atom. The van der Waals surface area contributed by atoms with Crippen LogP contribution in [0.3, 0.4) is 0 Å². The lowest BCUT2D eigenvalue weighted by Crippen LogP contribution is -2.11. The van der Waals surface area contributed by atoms with E-state index in [1.165, 1.54) is 12.7 Å². The number of rotatable bonds is 6. The smallest absolute Gasteiger partial charge is 0.360 e. The summed E-state index contributed by atoms with van der Waals surface area (Å²) in [6.45, 7) is 2.80. The summed E-state index contributed by atoms with van der Waals surface area (Å²) < 4.78 is 6.55. The van der Waals surface area contributed by atoms with Crippen LogP contribution in [-0.2, 0) is 24.1 Å². The molecule has 2 heterocycles. The molecule has 0 aliphatic carbocycles. The Bertz CT molecular complexity index is 534. The van der Waals surface area contributed by atoms with Crippen LogP contribution >= 0.6 is 11.3 Å². The van der Waals surface area contributed by atoms with Gasteiger partial charge in [-0.15, -0.1) is 5.10 Å². The summed E-state index contributed by atoms with van der Waals surface area (Å²) in [4.78, 5) is 11.6. The summed E-state index contributed by atoms with van der Waals surface area (Å²) in [6, 6.07) is 2.10. The quantitative estimate of drug-likeness (QED) is 0.761. The molecule has 0 saturated carbocycles. The van der Waals surface area contributed by atoms with Gasteiger partial charge < -0.3 is 4.74 Å². The number of esters is 1. The largest absolute Gasteiger partial charge is 0.464 e. The van der Waals surface area contributed by atoms with Gasteiger partial charge in [-0.2, -0.15) is 11.3 Å². The number of carbonyl (C=O) groups is 1. The normalized spacial score (nSPS) is 10.6. The average molecular weight is 279 g/mol. The van der Waals surface area contributed by atoms with Gasteiger partial charge in [0.2, 0.25) is 0 Å². The van der Waals surface area contributed by atoms with Crippen molar-refractivity contribution in [1.29, 1.82) is 0 Å². The maximum atomic E-state index is 11.6. The third-order valence-corrected chi connectivity index (χ3v) is 3.63. The molecule has 0 fully saturated rings. The van der Waals surface area contributed by atoms with Gasteiger partial charge in [0, 0.05) is 6.54 Å². The first kappa shape index (κ1) is 13.7. The van der Waals surface area contributed by atoms with E-state index in [4.69, 9.17) is 4.74 Å². The molecule has 19 heavy (non-hydrogen) atoms. The summed E-state index contributed by atoms with van der Waals surface area (Å²) in [5.74, 6) is -0.412. The molecule has 2 aromatic rings. The van der Waals surface area contributed by atoms with Gasteiger partial charge in [-0.25, -0.2) is 9.48 Å². The van der Waals surface area contributed by atoms with Gasteiger partial charge in [-0.1, -0.05) is 18.6 Å². The Kier molecular flexibility index (Phi) is 4.68. The van der Waals surface area contributed by atoms with E-state index in [2.05, 4.69) is 34.1 Å². The van der Waals surface area contributed by atoms with Crippen LogP contribution in [0.4, 0.5) is 0 Å². The Hall–Kier alpha value is -1.69. The highest BCUT2D eigenvalue weighted by Gasteiger charge is 2.19. The van der Waals surface area contributed by atoms with E-state index in [9.17, 15) is 4.79 Å². The van der Waals surface area contributed by atoms with E-state index in [1.807, 2.05) is 4.68 Å². The number of aryl methyl sites for hydroxylation is 2. The van der Waals surface area contributed by atoms with Crippen molar-refractivity contribution in [2.75, 3.05) is 7.11 Å². The molecule has 0 bridgehead atoms. The number of carbonyl (C=O) groups excluding carboxylic acids is 1. The molecule has 5 nitrogen and oxygen atoms in total. The first-order chi connectivity index (χ1) is 9.26. The minimum absolute atomic E-state index is 0.342. The third-order valence-electron chi connectivity index (χ3n) is 2.90. The SMILES string of the molecule is CCCc1c(C(=O)OC)nnn1CCc1ccsc1. The summed E-state index contributed by atoms with van der Waals surface area (Å²) in [5.41, 5.74) is 2.49. The Balaban J connectivity index is 2.15. The van der Waals surface area contributed by atoms with Gasteiger partial charge in [0.1, 0.15) is 0 Å². The highest BCUT2D eigenvalue weighted by Crippen LogP contribution is 2.12. The molecule has 2 aromatic heterocycles. The number of hydrogen-bond acceptors (Lipinski definition) is 5. The van der Waals surface area contributed by atoms with Crippen LogP contribution in [0.15, 0.2) is 16.8 Å². The van der Waals surface area contributed by atoms with Gasteiger partial charge in [0.05, 0.1) is 12.8 Å². The standard InChI is InChI=1S/C13H17N3O2S/c1-3-4-11-12(13(17)18-2)14-15-16(11)7-5-10-6-8-19-9-10/h6,8-9H,3-5,7H2,1-2H3. The van der Waals surface area contributed by atoms with E-state index < -0.39 is 5.97 Å². The lowest BCUT2D eigenvalue weighted by atomic mass is 10.2. The van der Waals surface area contributed by atoms with Crippen LogP contribution < -0.4 is 0 Å². The van der Waals surface area contributed by atoms with E-state index >= 15 is 0 Å². The van der Waals surface area contributed by atoms with Crippen LogP contribution in [-0.4, -0.2) is 28.1 Å². The van der Waals surface area contributed by atoms with E-state index in [0.717, 1.165) is 31.5 Å². The summed E-state index contributed by atoms with van der Waals surface area (Å²) >= 11 is 1.68. The number of hydrogen-bond donors (Lipinski definition) is 0. The lowest BCUT2D eigenvalue weighted by Gasteiger charge is -2.05. The van der Waals surface area contributed by atoms with Crippen LogP contribution in [0.1, 0.15) is 35.1 Å². The second kappa shape index (κ2) is 6.47. The molecule has 0 aliphatic heterocycles. The van der Waals surface area contributed by atoms with E-state index in [1.54, 1.807) is 11.3 Å². The molecule has 0 saturated heterocycles. The zero-order valence-corrected chi connectivity index (χ0v) is 11.9. The van der Waals surface area contributed by atoms with Gasteiger partial charge in [-0.3, -0.25) is 0 Å². The highest BCUT2D eigenvalue weighted by molar-refractivity contribution is 7.07. The number of nitrogens with zero attached hydrogens (tertiary/aromatic N) is 3. The number of ether oxygens (including phenoxy) is 1. The maximum Gasteiger partial charge on any atom is 0.360 e. The molecule has 2 rings (SSSR count).